The number of amides is 2. The Morgan fingerprint density at radius 2 is 1.65 bits per heavy atom. The maximum Gasteiger partial charge on any atom is 0.313 e. The molecule has 0 saturated carbocycles. The van der Waals surface area contributed by atoms with E-state index < -0.39 is 11.8 Å². The van der Waals surface area contributed by atoms with Crippen molar-refractivity contribution in [3.63, 3.8) is 0 Å². The highest BCUT2D eigenvalue weighted by Gasteiger charge is 2.30. The summed E-state index contributed by atoms with van der Waals surface area (Å²) >= 11 is 0. The molecule has 0 bridgehead atoms. The highest BCUT2D eigenvalue weighted by molar-refractivity contribution is 6.39. The van der Waals surface area contributed by atoms with Crippen LogP contribution in [0.15, 0.2) is 54.6 Å². The number of hydrogen-bond acceptors (Lipinski definition) is 3. The van der Waals surface area contributed by atoms with Gasteiger partial charge in [0.15, 0.2) is 5.78 Å². The van der Waals surface area contributed by atoms with Crippen molar-refractivity contribution in [3.8, 4) is 0 Å². The number of anilines is 1. The van der Waals surface area contributed by atoms with Crippen LogP contribution in [0.5, 0.6) is 0 Å². The van der Waals surface area contributed by atoms with Crippen molar-refractivity contribution >= 4 is 23.3 Å². The molecule has 2 amide bonds. The Balaban J connectivity index is 1.55. The van der Waals surface area contributed by atoms with Crippen molar-refractivity contribution in [1.29, 1.82) is 0 Å². The third-order valence-corrected chi connectivity index (χ3v) is 4.68. The molecule has 1 N–H and O–H groups in total. The second-order valence-corrected chi connectivity index (χ2v) is 6.62. The van der Waals surface area contributed by atoms with Crippen LogP contribution in [0.25, 0.3) is 0 Å². The van der Waals surface area contributed by atoms with Crippen molar-refractivity contribution in [3.05, 3.63) is 65.7 Å². The standard InChI is InChI=1S/C21H22N2O3/c1-15-6-5-9-18(14-15)22-20(25)21(26)23-12-10-17(11-13-23)19(24)16-7-3-2-4-8-16/h2-9,14,17H,10-13H2,1H3,(H,22,25). The zero-order chi connectivity index (χ0) is 18.5. The molecule has 1 saturated heterocycles. The van der Waals surface area contributed by atoms with Gasteiger partial charge >= 0.3 is 11.8 Å². The van der Waals surface area contributed by atoms with Crippen LogP contribution < -0.4 is 5.32 Å². The molecular weight excluding hydrogens is 328 g/mol. The molecule has 0 spiro atoms. The van der Waals surface area contributed by atoms with E-state index in [-0.39, 0.29) is 11.7 Å². The monoisotopic (exact) mass is 350 g/mol. The van der Waals surface area contributed by atoms with Crippen LogP contribution >= 0.6 is 0 Å². The number of carbonyl (C=O) groups excluding carboxylic acids is 3. The predicted molar refractivity (Wildman–Crippen MR) is 99.9 cm³/mol. The smallest absolute Gasteiger partial charge is 0.313 e. The van der Waals surface area contributed by atoms with Crippen LogP contribution in [-0.4, -0.2) is 35.6 Å². The molecule has 0 radical (unpaired) electrons. The molecule has 1 aliphatic heterocycles. The lowest BCUT2D eigenvalue weighted by molar-refractivity contribution is -0.144. The Kier molecular flexibility index (Phi) is 5.46. The molecule has 0 aromatic heterocycles. The highest BCUT2D eigenvalue weighted by Crippen LogP contribution is 2.22. The molecule has 0 aliphatic carbocycles. The van der Waals surface area contributed by atoms with E-state index in [1.807, 2.05) is 55.5 Å². The average Bonchev–Trinajstić information content (AvgIpc) is 2.67. The minimum atomic E-state index is -0.636. The second kappa shape index (κ2) is 7.95. The van der Waals surface area contributed by atoms with Gasteiger partial charge in [0, 0.05) is 30.3 Å². The summed E-state index contributed by atoms with van der Waals surface area (Å²) in [5.41, 5.74) is 2.32. The third kappa shape index (κ3) is 4.17. The lowest BCUT2D eigenvalue weighted by Crippen LogP contribution is -2.45. The molecule has 1 heterocycles. The number of aryl methyl sites for hydroxylation is 1. The lowest BCUT2D eigenvalue weighted by Gasteiger charge is -2.30. The first-order chi connectivity index (χ1) is 12.5. The van der Waals surface area contributed by atoms with Gasteiger partial charge in [0.05, 0.1) is 0 Å². The molecule has 2 aromatic carbocycles. The van der Waals surface area contributed by atoms with E-state index in [4.69, 9.17) is 0 Å². The largest absolute Gasteiger partial charge is 0.334 e. The number of hydrogen-bond donors (Lipinski definition) is 1. The lowest BCUT2D eigenvalue weighted by atomic mass is 9.89. The Morgan fingerprint density at radius 3 is 2.31 bits per heavy atom. The fraction of sp³-hybridized carbons (Fsp3) is 0.286. The minimum Gasteiger partial charge on any atom is -0.334 e. The van der Waals surface area contributed by atoms with E-state index >= 15 is 0 Å². The van der Waals surface area contributed by atoms with Gasteiger partial charge in [-0.3, -0.25) is 14.4 Å². The number of piperidine rings is 1. The molecule has 0 atom stereocenters. The molecule has 5 heteroatoms. The number of Topliss-reactive ketones (excluding diaryl/α,β-unsaturated/α-hetero) is 1. The molecule has 134 valence electrons. The Labute approximate surface area is 153 Å². The zero-order valence-corrected chi connectivity index (χ0v) is 14.8. The van der Waals surface area contributed by atoms with Gasteiger partial charge < -0.3 is 10.2 Å². The number of benzene rings is 2. The Morgan fingerprint density at radius 1 is 0.962 bits per heavy atom. The van der Waals surface area contributed by atoms with Crippen molar-refractivity contribution in [2.75, 3.05) is 18.4 Å². The quantitative estimate of drug-likeness (QED) is 0.683. The molecule has 5 nitrogen and oxygen atoms in total. The van der Waals surface area contributed by atoms with Crippen LogP contribution in [0, 0.1) is 12.8 Å². The molecule has 2 aromatic rings. The first-order valence-electron chi connectivity index (χ1n) is 8.81. The van der Waals surface area contributed by atoms with E-state index in [0.29, 0.717) is 37.2 Å². The third-order valence-electron chi connectivity index (χ3n) is 4.68. The van der Waals surface area contributed by atoms with E-state index in [0.717, 1.165) is 5.56 Å². The molecule has 0 unspecified atom stereocenters. The van der Waals surface area contributed by atoms with Gasteiger partial charge in [0.2, 0.25) is 0 Å². The van der Waals surface area contributed by atoms with E-state index in [9.17, 15) is 14.4 Å². The second-order valence-electron chi connectivity index (χ2n) is 6.62. The Bertz CT molecular complexity index is 809. The van der Waals surface area contributed by atoms with Gasteiger partial charge in [0.1, 0.15) is 0 Å². The van der Waals surface area contributed by atoms with Crippen LogP contribution in [-0.2, 0) is 9.59 Å². The van der Waals surface area contributed by atoms with Crippen LogP contribution in [0.1, 0.15) is 28.8 Å². The number of rotatable bonds is 3. The summed E-state index contributed by atoms with van der Waals surface area (Å²) < 4.78 is 0. The van der Waals surface area contributed by atoms with Gasteiger partial charge in [-0.05, 0) is 37.5 Å². The van der Waals surface area contributed by atoms with Crippen molar-refractivity contribution in [2.24, 2.45) is 5.92 Å². The molecule has 3 rings (SSSR count). The molecule has 26 heavy (non-hydrogen) atoms. The molecule has 1 aliphatic rings. The minimum absolute atomic E-state index is 0.0960. The maximum atomic E-state index is 12.5. The van der Waals surface area contributed by atoms with Crippen LogP contribution in [0.2, 0.25) is 0 Å². The topological polar surface area (TPSA) is 66.5 Å². The fourth-order valence-electron chi connectivity index (χ4n) is 3.23. The number of nitrogens with one attached hydrogen (secondary N) is 1. The first-order valence-corrected chi connectivity index (χ1v) is 8.81. The van der Waals surface area contributed by atoms with Gasteiger partial charge in [-0.2, -0.15) is 0 Å². The summed E-state index contributed by atoms with van der Waals surface area (Å²) in [7, 11) is 0. The number of carbonyl (C=O) groups is 3. The van der Waals surface area contributed by atoms with Crippen molar-refractivity contribution in [2.45, 2.75) is 19.8 Å². The summed E-state index contributed by atoms with van der Waals surface area (Å²) in [5, 5.41) is 2.64. The van der Waals surface area contributed by atoms with Crippen LogP contribution in [0.4, 0.5) is 5.69 Å². The van der Waals surface area contributed by atoms with Crippen molar-refractivity contribution in [1.82, 2.24) is 4.90 Å². The summed E-state index contributed by atoms with van der Waals surface area (Å²) in [4.78, 5) is 38.6. The van der Waals surface area contributed by atoms with E-state index in [1.54, 1.807) is 6.07 Å². The average molecular weight is 350 g/mol. The Hall–Kier alpha value is -2.95. The van der Waals surface area contributed by atoms with Gasteiger partial charge in [-0.15, -0.1) is 0 Å². The summed E-state index contributed by atoms with van der Waals surface area (Å²) in [5.74, 6) is -1.16. The zero-order valence-electron chi connectivity index (χ0n) is 14.8. The highest BCUT2D eigenvalue weighted by atomic mass is 16.2. The SMILES string of the molecule is Cc1cccc(NC(=O)C(=O)N2CCC(C(=O)c3ccccc3)CC2)c1. The van der Waals surface area contributed by atoms with Gasteiger partial charge in [0.25, 0.3) is 0 Å². The normalized spacial score (nSPS) is 14.7. The molecular formula is C21H22N2O3. The van der Waals surface area contributed by atoms with Gasteiger partial charge in [-0.1, -0.05) is 42.5 Å². The van der Waals surface area contributed by atoms with E-state index in [2.05, 4.69) is 5.32 Å². The number of nitrogens with zero attached hydrogens (tertiary/aromatic N) is 1. The summed E-state index contributed by atoms with van der Waals surface area (Å²) in [6.07, 6.45) is 1.16. The predicted octanol–water partition coefficient (Wildman–Crippen LogP) is 3.06. The van der Waals surface area contributed by atoms with Crippen LogP contribution in [0.3, 0.4) is 0 Å². The van der Waals surface area contributed by atoms with Gasteiger partial charge in [-0.25, -0.2) is 0 Å². The molecule has 1 fully saturated rings. The fourth-order valence-corrected chi connectivity index (χ4v) is 3.23. The number of likely N-dealkylation sites (tertiary alicyclic amines) is 1. The number of ketones is 1. The first kappa shape index (κ1) is 17.9. The maximum absolute atomic E-state index is 12.5. The van der Waals surface area contributed by atoms with E-state index in [1.165, 1.54) is 4.90 Å². The summed E-state index contributed by atoms with van der Waals surface area (Å²) in [6, 6.07) is 16.5. The summed E-state index contributed by atoms with van der Waals surface area (Å²) in [6.45, 7) is 2.76. The van der Waals surface area contributed by atoms with Crippen molar-refractivity contribution < 1.29 is 14.4 Å².